The van der Waals surface area contributed by atoms with Gasteiger partial charge in [-0.15, -0.1) is 5.10 Å². The first-order valence-corrected chi connectivity index (χ1v) is 7.68. The molecule has 4 heterocycles. The second-order valence-electron chi connectivity index (χ2n) is 6.03. The second-order valence-corrected chi connectivity index (χ2v) is 6.03. The van der Waals surface area contributed by atoms with E-state index in [2.05, 4.69) is 39.1 Å². The first kappa shape index (κ1) is 14.0. The molecule has 0 spiro atoms. The predicted octanol–water partition coefficient (Wildman–Crippen LogP) is 1.15. The Morgan fingerprint density at radius 1 is 1.26 bits per heavy atom. The standard InChI is InChI=1S/C15H19N7O/c1-9-7-21(8-10(2)17-9)12-6-13-18-14(11-4-3-5-23-11)20-22(13)15(16)19-12/h3-6,9-10,17H,7-8H2,1-2H3,(H2,16,19)/t9-,10+. The Hall–Kier alpha value is -2.61. The van der Waals surface area contributed by atoms with Crippen LogP contribution in [0.25, 0.3) is 17.2 Å². The molecule has 120 valence electrons. The summed E-state index contributed by atoms with van der Waals surface area (Å²) in [5.41, 5.74) is 6.74. The molecule has 1 fully saturated rings. The third-order valence-corrected chi connectivity index (χ3v) is 3.96. The maximum Gasteiger partial charge on any atom is 0.225 e. The number of rotatable bonds is 2. The van der Waals surface area contributed by atoms with Gasteiger partial charge in [-0.3, -0.25) is 0 Å². The molecule has 0 unspecified atom stereocenters. The maximum atomic E-state index is 6.08. The Balaban J connectivity index is 1.74. The van der Waals surface area contributed by atoms with E-state index in [1.54, 1.807) is 12.3 Å². The van der Waals surface area contributed by atoms with Crippen LogP contribution in [-0.2, 0) is 0 Å². The van der Waals surface area contributed by atoms with Crippen molar-refractivity contribution in [1.29, 1.82) is 0 Å². The highest BCUT2D eigenvalue weighted by Crippen LogP contribution is 2.22. The number of hydrogen-bond donors (Lipinski definition) is 2. The zero-order chi connectivity index (χ0) is 16.0. The fraction of sp³-hybridized carbons (Fsp3) is 0.400. The molecule has 3 N–H and O–H groups in total. The van der Waals surface area contributed by atoms with Gasteiger partial charge in [-0.25, -0.2) is 4.98 Å². The van der Waals surface area contributed by atoms with Crippen LogP contribution in [-0.4, -0.2) is 44.8 Å². The summed E-state index contributed by atoms with van der Waals surface area (Å²) in [5, 5.41) is 7.87. The number of fused-ring (bicyclic) bond motifs is 1. The van der Waals surface area contributed by atoms with Crippen molar-refractivity contribution in [2.24, 2.45) is 0 Å². The zero-order valence-electron chi connectivity index (χ0n) is 13.1. The molecule has 2 atom stereocenters. The van der Waals surface area contributed by atoms with Crippen molar-refractivity contribution in [2.75, 3.05) is 23.7 Å². The molecule has 0 aliphatic carbocycles. The molecule has 23 heavy (non-hydrogen) atoms. The highest BCUT2D eigenvalue weighted by molar-refractivity contribution is 5.59. The fourth-order valence-electron chi connectivity index (χ4n) is 3.08. The average molecular weight is 313 g/mol. The smallest absolute Gasteiger partial charge is 0.225 e. The van der Waals surface area contributed by atoms with Crippen molar-refractivity contribution in [3.8, 4) is 11.6 Å². The maximum absolute atomic E-state index is 6.08. The van der Waals surface area contributed by atoms with Crippen LogP contribution in [0.5, 0.6) is 0 Å². The topological polar surface area (TPSA) is 97.5 Å². The molecule has 0 saturated carbocycles. The van der Waals surface area contributed by atoms with Crippen molar-refractivity contribution < 1.29 is 4.42 Å². The summed E-state index contributed by atoms with van der Waals surface area (Å²) in [5.74, 6) is 2.26. The number of piperazine rings is 1. The van der Waals surface area contributed by atoms with Crippen LogP contribution in [0.4, 0.5) is 11.8 Å². The van der Waals surface area contributed by atoms with Crippen molar-refractivity contribution in [1.82, 2.24) is 24.9 Å². The molecular weight excluding hydrogens is 294 g/mol. The summed E-state index contributed by atoms with van der Waals surface area (Å²) in [6.07, 6.45) is 1.59. The molecule has 8 nitrogen and oxygen atoms in total. The number of nitrogen functional groups attached to an aromatic ring is 1. The van der Waals surface area contributed by atoms with Crippen molar-refractivity contribution >= 4 is 17.4 Å². The molecule has 1 saturated heterocycles. The Labute approximate surface area is 133 Å². The van der Waals surface area contributed by atoms with Gasteiger partial charge in [0, 0.05) is 31.2 Å². The summed E-state index contributed by atoms with van der Waals surface area (Å²) in [6.45, 7) is 6.09. The molecule has 3 aromatic rings. The summed E-state index contributed by atoms with van der Waals surface area (Å²) >= 11 is 0. The van der Waals surface area contributed by atoms with Crippen LogP contribution in [0.3, 0.4) is 0 Å². The SMILES string of the molecule is C[C@@H]1CN(c2cc3nc(-c4ccco4)nn3c(N)n2)C[C@H](C)N1. The van der Waals surface area contributed by atoms with Crippen LogP contribution in [0.15, 0.2) is 28.9 Å². The first-order chi connectivity index (χ1) is 11.1. The predicted molar refractivity (Wildman–Crippen MR) is 87.2 cm³/mol. The number of anilines is 2. The van der Waals surface area contributed by atoms with Crippen LogP contribution in [0.2, 0.25) is 0 Å². The molecule has 1 aliphatic heterocycles. The normalized spacial score (nSPS) is 21.9. The molecule has 3 aromatic heterocycles. The van der Waals surface area contributed by atoms with E-state index in [0.717, 1.165) is 18.9 Å². The first-order valence-electron chi connectivity index (χ1n) is 7.68. The molecule has 0 bridgehead atoms. The van der Waals surface area contributed by atoms with Crippen molar-refractivity contribution in [3.05, 3.63) is 24.5 Å². The third kappa shape index (κ3) is 2.50. The zero-order valence-corrected chi connectivity index (χ0v) is 13.1. The van der Waals surface area contributed by atoms with E-state index in [9.17, 15) is 0 Å². The van der Waals surface area contributed by atoms with Gasteiger partial charge in [0.15, 0.2) is 11.4 Å². The lowest BCUT2D eigenvalue weighted by Gasteiger charge is -2.36. The van der Waals surface area contributed by atoms with E-state index in [0.29, 0.717) is 35.3 Å². The van der Waals surface area contributed by atoms with Gasteiger partial charge < -0.3 is 20.4 Å². The van der Waals surface area contributed by atoms with Crippen LogP contribution < -0.4 is 16.0 Å². The van der Waals surface area contributed by atoms with Gasteiger partial charge in [0.25, 0.3) is 0 Å². The minimum atomic E-state index is 0.321. The molecule has 0 aromatic carbocycles. The number of hydrogen-bond acceptors (Lipinski definition) is 7. The number of aromatic nitrogens is 4. The third-order valence-electron chi connectivity index (χ3n) is 3.96. The Bertz CT molecular complexity index is 816. The van der Waals surface area contributed by atoms with Crippen LogP contribution >= 0.6 is 0 Å². The van der Waals surface area contributed by atoms with Gasteiger partial charge in [0.2, 0.25) is 11.8 Å². The van der Waals surface area contributed by atoms with E-state index in [-0.39, 0.29) is 0 Å². The van der Waals surface area contributed by atoms with Gasteiger partial charge in [0.05, 0.1) is 6.26 Å². The summed E-state index contributed by atoms with van der Waals surface area (Å²) in [4.78, 5) is 11.2. The average Bonchev–Trinajstić information content (AvgIpc) is 3.15. The molecule has 0 radical (unpaired) electrons. The highest BCUT2D eigenvalue weighted by Gasteiger charge is 2.23. The summed E-state index contributed by atoms with van der Waals surface area (Å²) in [6, 6.07) is 6.33. The van der Waals surface area contributed by atoms with Gasteiger partial charge in [0.1, 0.15) is 5.82 Å². The van der Waals surface area contributed by atoms with E-state index in [1.807, 2.05) is 12.1 Å². The minimum absolute atomic E-state index is 0.321. The van der Waals surface area contributed by atoms with Gasteiger partial charge in [-0.2, -0.15) is 9.50 Å². The largest absolute Gasteiger partial charge is 0.461 e. The monoisotopic (exact) mass is 313 g/mol. The lowest BCUT2D eigenvalue weighted by molar-refractivity contribution is 0.405. The Morgan fingerprint density at radius 3 is 2.74 bits per heavy atom. The number of nitrogens with two attached hydrogens (primary N) is 1. The molecule has 8 heteroatoms. The van der Waals surface area contributed by atoms with Crippen molar-refractivity contribution in [3.63, 3.8) is 0 Å². The number of nitrogens with zero attached hydrogens (tertiary/aromatic N) is 5. The van der Waals surface area contributed by atoms with E-state index < -0.39 is 0 Å². The lowest BCUT2D eigenvalue weighted by atomic mass is 10.1. The van der Waals surface area contributed by atoms with Crippen LogP contribution in [0.1, 0.15) is 13.8 Å². The Morgan fingerprint density at radius 2 is 2.04 bits per heavy atom. The van der Waals surface area contributed by atoms with E-state index >= 15 is 0 Å². The number of furan rings is 1. The fourth-order valence-corrected chi connectivity index (χ4v) is 3.08. The van der Waals surface area contributed by atoms with Crippen molar-refractivity contribution in [2.45, 2.75) is 25.9 Å². The van der Waals surface area contributed by atoms with E-state index in [1.165, 1.54) is 4.52 Å². The summed E-state index contributed by atoms with van der Waals surface area (Å²) in [7, 11) is 0. The quantitative estimate of drug-likeness (QED) is 0.732. The number of nitrogens with one attached hydrogen (secondary N) is 1. The van der Waals surface area contributed by atoms with Gasteiger partial charge >= 0.3 is 0 Å². The van der Waals surface area contributed by atoms with Gasteiger partial charge in [-0.05, 0) is 26.0 Å². The Kier molecular flexibility index (Phi) is 3.19. The lowest BCUT2D eigenvalue weighted by Crippen LogP contribution is -2.54. The minimum Gasteiger partial charge on any atom is -0.461 e. The highest BCUT2D eigenvalue weighted by atomic mass is 16.3. The molecule has 4 rings (SSSR count). The molecular formula is C15H19N7O. The molecule has 1 aliphatic rings. The second kappa shape index (κ2) is 5.24. The van der Waals surface area contributed by atoms with Gasteiger partial charge in [-0.1, -0.05) is 0 Å². The molecule has 0 amide bonds. The summed E-state index contributed by atoms with van der Waals surface area (Å²) < 4.78 is 6.88. The van der Waals surface area contributed by atoms with Crippen LogP contribution in [0, 0.1) is 0 Å². The van der Waals surface area contributed by atoms with E-state index in [4.69, 9.17) is 10.2 Å².